The fourth-order valence-corrected chi connectivity index (χ4v) is 2.60. The third-order valence-corrected chi connectivity index (χ3v) is 3.44. The molecule has 0 saturated carbocycles. The third-order valence-electron chi connectivity index (χ3n) is 3.44. The van der Waals surface area contributed by atoms with Gasteiger partial charge in [0.15, 0.2) is 0 Å². The lowest BCUT2D eigenvalue weighted by molar-refractivity contribution is 0.521. The van der Waals surface area contributed by atoms with Crippen LogP contribution in [0.4, 0.5) is 0 Å². The Kier molecular flexibility index (Phi) is 4.61. The summed E-state index contributed by atoms with van der Waals surface area (Å²) in [6, 6.07) is 9.23. The molecule has 1 unspecified atom stereocenters. The Balaban J connectivity index is 1.99. The van der Waals surface area contributed by atoms with Crippen molar-refractivity contribution in [3.8, 4) is 0 Å². The normalized spacial score (nSPS) is 12.9. The predicted molar refractivity (Wildman–Crippen MR) is 83.9 cm³/mol. The van der Waals surface area contributed by atoms with Crippen LogP contribution in [0.5, 0.6) is 0 Å². The second-order valence-corrected chi connectivity index (χ2v) is 6.05. The van der Waals surface area contributed by atoms with E-state index in [2.05, 4.69) is 57.1 Å². The average Bonchev–Trinajstić information content (AvgIpc) is 2.75. The van der Waals surface area contributed by atoms with Crippen molar-refractivity contribution in [2.45, 2.75) is 52.6 Å². The quantitative estimate of drug-likeness (QED) is 0.907. The Morgan fingerprint density at radius 3 is 2.30 bits per heavy atom. The monoisotopic (exact) mass is 271 g/mol. The lowest BCUT2D eigenvalue weighted by atomic mass is 9.99. The highest BCUT2D eigenvalue weighted by Gasteiger charge is 2.09. The minimum absolute atomic E-state index is 0.117. The van der Waals surface area contributed by atoms with Crippen molar-refractivity contribution in [3.63, 3.8) is 0 Å². The molecule has 1 aromatic carbocycles. The molecule has 3 heteroatoms. The molecular formula is C17H25N3. The van der Waals surface area contributed by atoms with Crippen LogP contribution in [-0.2, 0) is 12.8 Å². The maximum atomic E-state index is 6.27. The summed E-state index contributed by atoms with van der Waals surface area (Å²) in [6.45, 7) is 8.52. The summed E-state index contributed by atoms with van der Waals surface area (Å²) < 4.78 is 1.98. The smallest absolute Gasteiger partial charge is 0.0640 e. The van der Waals surface area contributed by atoms with Gasteiger partial charge in [-0.25, -0.2) is 0 Å². The molecule has 3 nitrogen and oxygen atoms in total. The fourth-order valence-electron chi connectivity index (χ4n) is 2.60. The van der Waals surface area contributed by atoms with E-state index in [1.54, 1.807) is 0 Å². The van der Waals surface area contributed by atoms with Gasteiger partial charge in [-0.05, 0) is 45.7 Å². The Labute approximate surface area is 121 Å². The number of benzene rings is 1. The lowest BCUT2D eigenvalue weighted by Crippen LogP contribution is -2.26. The number of hydrogen-bond acceptors (Lipinski definition) is 2. The molecule has 0 amide bonds. The zero-order valence-electron chi connectivity index (χ0n) is 12.9. The molecule has 108 valence electrons. The Hall–Kier alpha value is -1.61. The maximum absolute atomic E-state index is 6.27. The van der Waals surface area contributed by atoms with E-state index in [1.807, 2.05) is 10.9 Å². The number of aromatic nitrogens is 2. The van der Waals surface area contributed by atoms with E-state index < -0.39 is 0 Å². The zero-order valence-corrected chi connectivity index (χ0v) is 12.9. The first-order valence-electron chi connectivity index (χ1n) is 7.31. The zero-order chi connectivity index (χ0) is 14.7. The molecule has 0 aliphatic rings. The van der Waals surface area contributed by atoms with Crippen LogP contribution in [-0.4, -0.2) is 15.8 Å². The molecule has 0 radical (unpaired) electrons. The van der Waals surface area contributed by atoms with E-state index >= 15 is 0 Å². The highest BCUT2D eigenvalue weighted by atomic mass is 15.3. The molecule has 1 atom stereocenters. The van der Waals surface area contributed by atoms with Crippen LogP contribution < -0.4 is 5.73 Å². The minimum atomic E-state index is 0.117. The van der Waals surface area contributed by atoms with Crippen LogP contribution in [0.1, 0.15) is 42.3 Å². The molecule has 2 N–H and O–H groups in total. The second-order valence-electron chi connectivity index (χ2n) is 6.05. The molecule has 0 spiro atoms. The highest BCUT2D eigenvalue weighted by molar-refractivity contribution is 5.29. The van der Waals surface area contributed by atoms with Gasteiger partial charge in [0.2, 0.25) is 0 Å². The number of hydrogen-bond donors (Lipinski definition) is 1. The largest absolute Gasteiger partial charge is 0.327 e. The molecule has 1 heterocycles. The molecule has 2 aromatic rings. The maximum Gasteiger partial charge on any atom is 0.0640 e. The van der Waals surface area contributed by atoms with Gasteiger partial charge in [0, 0.05) is 24.7 Å². The van der Waals surface area contributed by atoms with Crippen molar-refractivity contribution in [2.24, 2.45) is 5.73 Å². The van der Waals surface area contributed by atoms with Crippen LogP contribution >= 0.6 is 0 Å². The van der Waals surface area contributed by atoms with Crippen LogP contribution in [0.2, 0.25) is 0 Å². The SMILES string of the molecule is Cc1cc(C)cc(CC(N)Cc2ccn(C(C)C)n2)c1. The molecule has 0 aliphatic carbocycles. The number of nitrogens with zero attached hydrogens (tertiary/aromatic N) is 2. The Bertz CT molecular complexity index is 549. The van der Waals surface area contributed by atoms with Crippen molar-refractivity contribution in [2.75, 3.05) is 0 Å². The molecule has 2 rings (SSSR count). The number of aryl methyl sites for hydroxylation is 2. The van der Waals surface area contributed by atoms with Gasteiger partial charge in [-0.15, -0.1) is 0 Å². The van der Waals surface area contributed by atoms with E-state index in [0.29, 0.717) is 6.04 Å². The summed E-state index contributed by atoms with van der Waals surface area (Å²) in [7, 11) is 0. The lowest BCUT2D eigenvalue weighted by Gasteiger charge is -2.12. The molecule has 0 saturated heterocycles. The van der Waals surface area contributed by atoms with Gasteiger partial charge in [0.05, 0.1) is 5.69 Å². The summed E-state index contributed by atoms with van der Waals surface area (Å²) >= 11 is 0. The highest BCUT2D eigenvalue weighted by Crippen LogP contribution is 2.12. The van der Waals surface area contributed by atoms with Crippen molar-refractivity contribution in [3.05, 3.63) is 52.8 Å². The van der Waals surface area contributed by atoms with Crippen LogP contribution in [0.3, 0.4) is 0 Å². The molecular weight excluding hydrogens is 246 g/mol. The Morgan fingerprint density at radius 1 is 1.10 bits per heavy atom. The standard InChI is InChI=1S/C17H25N3/c1-12(2)20-6-5-17(19-20)11-16(18)10-15-8-13(3)7-14(4)9-15/h5-9,12,16H,10-11,18H2,1-4H3. The first-order valence-corrected chi connectivity index (χ1v) is 7.31. The topological polar surface area (TPSA) is 43.8 Å². The molecule has 20 heavy (non-hydrogen) atoms. The van der Waals surface area contributed by atoms with Gasteiger partial charge in [-0.3, -0.25) is 4.68 Å². The van der Waals surface area contributed by atoms with Gasteiger partial charge in [0.1, 0.15) is 0 Å². The summed E-state index contributed by atoms with van der Waals surface area (Å²) in [6.07, 6.45) is 3.76. The summed E-state index contributed by atoms with van der Waals surface area (Å²) in [5.74, 6) is 0. The van der Waals surface area contributed by atoms with Crippen LogP contribution in [0.25, 0.3) is 0 Å². The number of nitrogens with two attached hydrogens (primary N) is 1. The van der Waals surface area contributed by atoms with Gasteiger partial charge in [-0.2, -0.15) is 5.10 Å². The van der Waals surface area contributed by atoms with E-state index in [9.17, 15) is 0 Å². The fraction of sp³-hybridized carbons (Fsp3) is 0.471. The van der Waals surface area contributed by atoms with Crippen molar-refractivity contribution in [1.82, 2.24) is 9.78 Å². The summed E-state index contributed by atoms with van der Waals surface area (Å²) in [4.78, 5) is 0. The van der Waals surface area contributed by atoms with Crippen molar-refractivity contribution >= 4 is 0 Å². The van der Waals surface area contributed by atoms with Gasteiger partial charge in [0.25, 0.3) is 0 Å². The molecule has 0 fully saturated rings. The van der Waals surface area contributed by atoms with Crippen LogP contribution in [0.15, 0.2) is 30.5 Å². The minimum Gasteiger partial charge on any atom is -0.327 e. The molecule has 1 aromatic heterocycles. The Morgan fingerprint density at radius 2 is 1.75 bits per heavy atom. The van der Waals surface area contributed by atoms with Gasteiger partial charge >= 0.3 is 0 Å². The third kappa shape index (κ3) is 3.94. The van der Waals surface area contributed by atoms with E-state index in [1.165, 1.54) is 16.7 Å². The summed E-state index contributed by atoms with van der Waals surface area (Å²) in [5, 5.41) is 4.56. The predicted octanol–water partition coefficient (Wildman–Crippen LogP) is 3.19. The number of rotatable bonds is 5. The second kappa shape index (κ2) is 6.23. The van der Waals surface area contributed by atoms with E-state index in [0.717, 1.165) is 18.5 Å². The van der Waals surface area contributed by atoms with Crippen LogP contribution in [0, 0.1) is 13.8 Å². The first-order chi connectivity index (χ1) is 9.44. The van der Waals surface area contributed by atoms with E-state index in [-0.39, 0.29) is 6.04 Å². The average molecular weight is 271 g/mol. The van der Waals surface area contributed by atoms with E-state index in [4.69, 9.17) is 5.73 Å². The summed E-state index contributed by atoms with van der Waals surface area (Å²) in [5.41, 5.74) is 11.3. The molecule has 0 bridgehead atoms. The van der Waals surface area contributed by atoms with Gasteiger partial charge in [-0.1, -0.05) is 29.3 Å². The van der Waals surface area contributed by atoms with Gasteiger partial charge < -0.3 is 5.73 Å². The molecule has 0 aliphatic heterocycles. The van der Waals surface area contributed by atoms with Crippen molar-refractivity contribution < 1.29 is 0 Å². The van der Waals surface area contributed by atoms with Crippen molar-refractivity contribution in [1.29, 1.82) is 0 Å². The first kappa shape index (κ1) is 14.8.